The van der Waals surface area contributed by atoms with Crippen molar-refractivity contribution in [2.75, 3.05) is 5.43 Å². The lowest BCUT2D eigenvalue weighted by Crippen LogP contribution is -2.11. The van der Waals surface area contributed by atoms with Crippen molar-refractivity contribution >= 4 is 5.82 Å². The Bertz CT molecular complexity index is 636. The van der Waals surface area contributed by atoms with Crippen molar-refractivity contribution in [1.82, 2.24) is 9.97 Å². The van der Waals surface area contributed by atoms with Crippen LogP contribution in [0, 0.1) is 5.82 Å². The molecule has 1 heterocycles. The zero-order valence-electron chi connectivity index (χ0n) is 11.5. The lowest BCUT2D eigenvalue weighted by atomic mass is 10.0. The van der Waals surface area contributed by atoms with Gasteiger partial charge in [-0.05, 0) is 25.0 Å². The predicted octanol–water partition coefficient (Wildman–Crippen LogP) is 2.93. The standard InChI is InChI=1S/C15H17FN4O/c16-11-5-10(6-12(21)7-11)15-18-13(8-14(19-15)20-17)9-3-1-2-4-9/h5-9,21H,1-4,17H2,(H,18,19,20). The Morgan fingerprint density at radius 3 is 2.57 bits per heavy atom. The van der Waals surface area contributed by atoms with Crippen molar-refractivity contribution < 1.29 is 9.50 Å². The number of nitrogens with zero attached hydrogens (tertiary/aromatic N) is 2. The summed E-state index contributed by atoms with van der Waals surface area (Å²) < 4.78 is 13.4. The summed E-state index contributed by atoms with van der Waals surface area (Å²) in [6.07, 6.45) is 4.57. The summed E-state index contributed by atoms with van der Waals surface area (Å²) in [5.74, 6) is 6.03. The Morgan fingerprint density at radius 1 is 1.14 bits per heavy atom. The molecule has 1 saturated carbocycles. The number of hydrogen-bond acceptors (Lipinski definition) is 5. The van der Waals surface area contributed by atoms with Gasteiger partial charge in [-0.2, -0.15) is 0 Å². The zero-order chi connectivity index (χ0) is 14.8. The first-order chi connectivity index (χ1) is 10.2. The van der Waals surface area contributed by atoms with Crippen molar-refractivity contribution in [3.8, 4) is 17.1 Å². The van der Waals surface area contributed by atoms with Gasteiger partial charge in [0, 0.05) is 29.3 Å². The van der Waals surface area contributed by atoms with Crippen LogP contribution in [0.5, 0.6) is 5.75 Å². The van der Waals surface area contributed by atoms with Crippen LogP contribution in [0.2, 0.25) is 0 Å². The molecule has 0 bridgehead atoms. The fourth-order valence-corrected chi connectivity index (χ4v) is 2.80. The number of aromatic nitrogens is 2. The third-order valence-corrected chi connectivity index (χ3v) is 3.81. The van der Waals surface area contributed by atoms with Crippen LogP contribution in [0.4, 0.5) is 10.2 Å². The van der Waals surface area contributed by atoms with Crippen LogP contribution in [-0.4, -0.2) is 15.1 Å². The molecule has 0 radical (unpaired) electrons. The smallest absolute Gasteiger partial charge is 0.162 e. The van der Waals surface area contributed by atoms with Gasteiger partial charge in [0.05, 0.1) is 0 Å². The molecule has 1 fully saturated rings. The van der Waals surface area contributed by atoms with Crippen LogP contribution in [0.25, 0.3) is 11.4 Å². The summed E-state index contributed by atoms with van der Waals surface area (Å²) in [5.41, 5.74) is 3.87. The second-order valence-electron chi connectivity index (χ2n) is 5.33. The number of anilines is 1. The third-order valence-electron chi connectivity index (χ3n) is 3.81. The molecule has 1 aromatic heterocycles. The molecule has 0 unspecified atom stereocenters. The van der Waals surface area contributed by atoms with E-state index in [0.717, 1.165) is 24.6 Å². The predicted molar refractivity (Wildman–Crippen MR) is 78.1 cm³/mol. The maximum absolute atomic E-state index is 13.4. The molecule has 0 atom stereocenters. The molecule has 3 rings (SSSR count). The number of phenols is 1. The van der Waals surface area contributed by atoms with Crippen LogP contribution in [-0.2, 0) is 0 Å². The number of halogens is 1. The Hall–Kier alpha value is -2.21. The number of benzene rings is 1. The number of hydrogen-bond donors (Lipinski definition) is 3. The maximum atomic E-state index is 13.4. The maximum Gasteiger partial charge on any atom is 0.162 e. The lowest BCUT2D eigenvalue weighted by molar-refractivity contribution is 0.469. The van der Waals surface area contributed by atoms with Crippen LogP contribution in [0.1, 0.15) is 37.3 Å². The van der Waals surface area contributed by atoms with Crippen molar-refractivity contribution in [3.63, 3.8) is 0 Å². The number of nitrogens with two attached hydrogens (primary N) is 1. The van der Waals surface area contributed by atoms with Gasteiger partial charge < -0.3 is 10.5 Å². The molecule has 1 aromatic carbocycles. The summed E-state index contributed by atoms with van der Waals surface area (Å²) >= 11 is 0. The van der Waals surface area contributed by atoms with E-state index in [1.807, 2.05) is 6.07 Å². The van der Waals surface area contributed by atoms with E-state index in [0.29, 0.717) is 23.1 Å². The highest BCUT2D eigenvalue weighted by atomic mass is 19.1. The third kappa shape index (κ3) is 2.95. The normalized spacial score (nSPS) is 15.3. The molecule has 21 heavy (non-hydrogen) atoms. The van der Waals surface area contributed by atoms with Crippen molar-refractivity contribution in [3.05, 3.63) is 35.8 Å². The number of phenolic OH excluding ortho intramolecular Hbond substituents is 1. The van der Waals surface area contributed by atoms with E-state index in [1.165, 1.54) is 25.0 Å². The fourth-order valence-electron chi connectivity index (χ4n) is 2.80. The van der Waals surface area contributed by atoms with Crippen molar-refractivity contribution in [2.24, 2.45) is 5.84 Å². The Balaban J connectivity index is 2.06. The minimum absolute atomic E-state index is 0.151. The average molecular weight is 288 g/mol. The molecular formula is C15H17FN4O. The molecule has 0 saturated heterocycles. The SMILES string of the molecule is NNc1cc(C2CCCC2)nc(-c2cc(O)cc(F)c2)n1. The number of hydrazine groups is 1. The van der Waals surface area contributed by atoms with E-state index in [4.69, 9.17) is 5.84 Å². The van der Waals surface area contributed by atoms with Crippen LogP contribution >= 0.6 is 0 Å². The molecule has 110 valence electrons. The summed E-state index contributed by atoms with van der Waals surface area (Å²) in [6, 6.07) is 5.62. The summed E-state index contributed by atoms with van der Waals surface area (Å²) in [5, 5.41) is 9.53. The zero-order valence-corrected chi connectivity index (χ0v) is 11.5. The first-order valence-corrected chi connectivity index (χ1v) is 7.01. The monoisotopic (exact) mass is 288 g/mol. The van der Waals surface area contributed by atoms with E-state index in [9.17, 15) is 9.50 Å². The molecule has 0 spiro atoms. The molecule has 5 nitrogen and oxygen atoms in total. The van der Waals surface area contributed by atoms with Gasteiger partial charge in [-0.25, -0.2) is 20.2 Å². The summed E-state index contributed by atoms with van der Waals surface area (Å²) in [6.45, 7) is 0. The van der Waals surface area contributed by atoms with E-state index in [1.54, 1.807) is 0 Å². The van der Waals surface area contributed by atoms with Gasteiger partial charge in [0.15, 0.2) is 5.82 Å². The molecule has 1 aliphatic carbocycles. The first kappa shape index (κ1) is 13.8. The fraction of sp³-hybridized carbons (Fsp3) is 0.333. The number of aromatic hydroxyl groups is 1. The summed E-state index contributed by atoms with van der Waals surface area (Å²) in [7, 11) is 0. The Labute approximate surface area is 122 Å². The van der Waals surface area contributed by atoms with Gasteiger partial charge >= 0.3 is 0 Å². The van der Waals surface area contributed by atoms with Gasteiger partial charge in [-0.3, -0.25) is 0 Å². The second-order valence-corrected chi connectivity index (χ2v) is 5.33. The number of nitrogens with one attached hydrogen (secondary N) is 1. The Kier molecular flexibility index (Phi) is 3.70. The first-order valence-electron chi connectivity index (χ1n) is 7.01. The minimum atomic E-state index is -0.526. The van der Waals surface area contributed by atoms with Crippen molar-refractivity contribution in [2.45, 2.75) is 31.6 Å². The topological polar surface area (TPSA) is 84.1 Å². The second kappa shape index (κ2) is 5.65. The largest absolute Gasteiger partial charge is 0.508 e. The quantitative estimate of drug-likeness (QED) is 0.597. The van der Waals surface area contributed by atoms with Crippen molar-refractivity contribution in [1.29, 1.82) is 0 Å². The van der Waals surface area contributed by atoms with Gasteiger partial charge in [0.1, 0.15) is 17.4 Å². The van der Waals surface area contributed by atoms with E-state index < -0.39 is 5.82 Å². The molecule has 6 heteroatoms. The number of rotatable bonds is 3. The van der Waals surface area contributed by atoms with Gasteiger partial charge in [0.2, 0.25) is 0 Å². The molecular weight excluding hydrogens is 271 g/mol. The van der Waals surface area contributed by atoms with E-state index >= 15 is 0 Å². The van der Waals surface area contributed by atoms with Crippen LogP contribution < -0.4 is 11.3 Å². The minimum Gasteiger partial charge on any atom is -0.508 e. The van der Waals surface area contributed by atoms with E-state index in [-0.39, 0.29) is 5.75 Å². The highest BCUT2D eigenvalue weighted by molar-refractivity contribution is 5.60. The highest BCUT2D eigenvalue weighted by Crippen LogP contribution is 2.34. The lowest BCUT2D eigenvalue weighted by Gasteiger charge is -2.12. The Morgan fingerprint density at radius 2 is 1.90 bits per heavy atom. The molecule has 1 aliphatic rings. The van der Waals surface area contributed by atoms with Crippen LogP contribution in [0.3, 0.4) is 0 Å². The highest BCUT2D eigenvalue weighted by Gasteiger charge is 2.20. The average Bonchev–Trinajstić information content (AvgIpc) is 3.00. The van der Waals surface area contributed by atoms with Gasteiger partial charge in [-0.1, -0.05) is 12.8 Å². The number of nitrogen functional groups attached to an aromatic ring is 1. The van der Waals surface area contributed by atoms with Gasteiger partial charge in [0.25, 0.3) is 0 Å². The van der Waals surface area contributed by atoms with E-state index in [2.05, 4.69) is 15.4 Å². The van der Waals surface area contributed by atoms with Crippen LogP contribution in [0.15, 0.2) is 24.3 Å². The molecule has 0 aliphatic heterocycles. The summed E-state index contributed by atoms with van der Waals surface area (Å²) in [4.78, 5) is 8.78. The molecule has 2 aromatic rings. The van der Waals surface area contributed by atoms with Gasteiger partial charge in [-0.15, -0.1) is 0 Å². The molecule has 4 N–H and O–H groups in total. The molecule has 0 amide bonds.